The van der Waals surface area contributed by atoms with Crippen LogP contribution in [0.4, 0.5) is 20.3 Å². The zero-order valence-corrected chi connectivity index (χ0v) is 19.2. The van der Waals surface area contributed by atoms with Crippen molar-refractivity contribution in [1.29, 1.82) is 5.41 Å². The van der Waals surface area contributed by atoms with Gasteiger partial charge in [0.05, 0.1) is 7.11 Å². The highest BCUT2D eigenvalue weighted by atomic mass is 32.2. The Hall–Kier alpha value is -4.13. The molecule has 0 saturated carbocycles. The summed E-state index contributed by atoms with van der Waals surface area (Å²) in [5.41, 5.74) is 1.80. The van der Waals surface area contributed by atoms with Gasteiger partial charge in [-0.3, -0.25) is 10.1 Å². The molecule has 4 heterocycles. The molecule has 0 bridgehead atoms. The fourth-order valence-corrected chi connectivity index (χ4v) is 5.08. The van der Waals surface area contributed by atoms with Crippen LogP contribution in [0, 0.1) is 17.0 Å². The van der Waals surface area contributed by atoms with E-state index in [0.29, 0.717) is 41.7 Å². The Labute approximate surface area is 198 Å². The highest BCUT2D eigenvalue weighted by Gasteiger charge is 2.24. The first-order chi connectivity index (χ1) is 16.8. The Morgan fingerprint density at radius 3 is 2.71 bits per heavy atom. The average Bonchev–Trinajstić information content (AvgIpc) is 2.83. The second-order valence-corrected chi connectivity index (χ2v) is 9.42. The number of ether oxygens (including phenoxy) is 1. The molecule has 0 radical (unpaired) electrons. The number of halogens is 2. The predicted octanol–water partition coefficient (Wildman–Crippen LogP) is 2.83. The van der Waals surface area contributed by atoms with Gasteiger partial charge < -0.3 is 14.6 Å². The number of methoxy groups -OCH3 is 1. The summed E-state index contributed by atoms with van der Waals surface area (Å²) < 4.78 is 62.7. The van der Waals surface area contributed by atoms with E-state index in [1.165, 1.54) is 19.4 Å². The first kappa shape index (κ1) is 22.7. The van der Waals surface area contributed by atoms with Gasteiger partial charge in [-0.05, 0) is 30.7 Å². The normalized spacial score (nSPS) is 13.2. The van der Waals surface area contributed by atoms with Crippen LogP contribution >= 0.6 is 0 Å². The van der Waals surface area contributed by atoms with Gasteiger partial charge in [0.2, 0.25) is 11.5 Å². The monoisotopic (exact) mass is 499 g/mol. The van der Waals surface area contributed by atoms with E-state index in [2.05, 4.69) is 25.0 Å². The summed E-state index contributed by atoms with van der Waals surface area (Å²) in [4.78, 5) is 11.7. The van der Waals surface area contributed by atoms with E-state index in [1.807, 2.05) is 10.6 Å². The van der Waals surface area contributed by atoms with Crippen molar-refractivity contribution in [2.75, 3.05) is 23.7 Å². The van der Waals surface area contributed by atoms with Gasteiger partial charge in [-0.25, -0.2) is 27.2 Å². The molecule has 0 spiro atoms. The number of pyridine rings is 2. The molecule has 0 aliphatic carbocycles. The second kappa shape index (κ2) is 8.58. The Kier molecular flexibility index (Phi) is 5.55. The molecule has 2 aromatic rings. The van der Waals surface area contributed by atoms with Crippen molar-refractivity contribution in [2.24, 2.45) is 0 Å². The Morgan fingerprint density at radius 1 is 1.14 bits per heavy atom. The van der Waals surface area contributed by atoms with Crippen molar-refractivity contribution in [1.82, 2.24) is 19.5 Å². The quantitative estimate of drug-likeness (QED) is 0.384. The molecular weight excluding hydrogens is 480 g/mol. The summed E-state index contributed by atoms with van der Waals surface area (Å²) >= 11 is 0. The van der Waals surface area contributed by atoms with Crippen molar-refractivity contribution in [3.8, 4) is 28.4 Å². The number of hydrogen-bond acceptors (Lipinski definition) is 8. The maximum absolute atomic E-state index is 14.2. The van der Waals surface area contributed by atoms with Crippen molar-refractivity contribution in [3.63, 3.8) is 0 Å². The van der Waals surface area contributed by atoms with E-state index in [9.17, 15) is 17.2 Å². The summed E-state index contributed by atoms with van der Waals surface area (Å²) in [7, 11) is -3.10. The molecule has 1 aromatic carbocycles. The number of anilines is 2. The number of nitrogens with one attached hydrogen (secondary N) is 3. The van der Waals surface area contributed by atoms with Gasteiger partial charge in [-0.2, -0.15) is 4.98 Å². The van der Waals surface area contributed by atoms with Gasteiger partial charge in [-0.1, -0.05) is 0 Å². The number of hydrogen-bond donors (Lipinski definition) is 3. The lowest BCUT2D eigenvalue weighted by atomic mass is 10.0. The first-order valence-electron chi connectivity index (χ1n) is 10.5. The number of fused-ring (bicyclic) bond motifs is 3. The molecule has 3 aliphatic rings. The fraction of sp³-hybridized carbons (Fsp3) is 0.182. The molecule has 5 rings (SSSR count). The van der Waals surface area contributed by atoms with Crippen LogP contribution in [0.3, 0.4) is 0 Å². The molecule has 0 fully saturated rings. The van der Waals surface area contributed by atoms with Gasteiger partial charge in [-0.15, -0.1) is 0 Å². The molecule has 0 atom stereocenters. The topological polar surface area (TPSA) is 135 Å². The molecule has 180 valence electrons. The van der Waals surface area contributed by atoms with Crippen LogP contribution in [0.25, 0.3) is 22.5 Å². The van der Waals surface area contributed by atoms with Gasteiger partial charge in [0.15, 0.2) is 0 Å². The number of sulfonamides is 1. The highest BCUT2D eigenvalue weighted by Crippen LogP contribution is 2.38. The van der Waals surface area contributed by atoms with Crippen molar-refractivity contribution in [3.05, 3.63) is 60.0 Å². The van der Waals surface area contributed by atoms with Crippen LogP contribution < -0.4 is 20.4 Å². The third-order valence-electron chi connectivity index (χ3n) is 5.51. The number of rotatable bonds is 5. The van der Waals surface area contributed by atoms with Crippen LogP contribution in [0.2, 0.25) is 0 Å². The van der Waals surface area contributed by atoms with Crippen LogP contribution in [0.5, 0.6) is 5.88 Å². The summed E-state index contributed by atoms with van der Waals surface area (Å²) in [5, 5.41) is 11.1. The zero-order valence-electron chi connectivity index (χ0n) is 18.3. The summed E-state index contributed by atoms with van der Waals surface area (Å²) in [6.45, 7) is 1.38. The zero-order chi connectivity index (χ0) is 24.7. The van der Waals surface area contributed by atoms with E-state index in [-0.39, 0.29) is 17.2 Å². The minimum absolute atomic E-state index is 0.0267. The first-order valence-corrected chi connectivity index (χ1v) is 12.0. The summed E-state index contributed by atoms with van der Waals surface area (Å²) in [6.07, 6.45) is 3.92. The van der Waals surface area contributed by atoms with Gasteiger partial charge in [0.1, 0.15) is 33.9 Å². The molecule has 3 aliphatic heterocycles. The standard InChI is InChI=1S/C22H19F2N7O3S/c1-34-21-17(30-35(32,33)18-4-3-14(23)9-16(18)24)8-12(10-27-21)15-7-13-11-28-22(25)29-19(13)31-6-2-5-26-20(15)31/h3-4,7-11,25-26,30H,2,5-6H2,1H3. The minimum Gasteiger partial charge on any atom is -0.480 e. The fourth-order valence-electron chi connectivity index (χ4n) is 3.98. The summed E-state index contributed by atoms with van der Waals surface area (Å²) in [6, 6.07) is 5.54. The Balaban J connectivity index is 1.64. The van der Waals surface area contributed by atoms with E-state index >= 15 is 0 Å². The van der Waals surface area contributed by atoms with Crippen LogP contribution in [-0.2, 0) is 16.6 Å². The molecule has 3 N–H and O–H groups in total. The lowest BCUT2D eigenvalue weighted by molar-refractivity contribution is 0.400. The van der Waals surface area contributed by atoms with Crippen LogP contribution in [0.15, 0.2) is 47.6 Å². The molecule has 0 amide bonds. The van der Waals surface area contributed by atoms with Gasteiger partial charge in [0.25, 0.3) is 10.0 Å². The number of aromatic nitrogens is 4. The minimum atomic E-state index is -4.42. The largest absolute Gasteiger partial charge is 0.480 e. The number of nitrogens with zero attached hydrogens (tertiary/aromatic N) is 4. The van der Waals surface area contributed by atoms with E-state index in [0.717, 1.165) is 24.4 Å². The molecule has 10 nitrogen and oxygen atoms in total. The van der Waals surface area contributed by atoms with Crippen molar-refractivity contribution in [2.45, 2.75) is 17.9 Å². The lowest BCUT2D eigenvalue weighted by Gasteiger charge is -2.27. The van der Waals surface area contributed by atoms with E-state index < -0.39 is 26.6 Å². The maximum atomic E-state index is 14.2. The molecule has 35 heavy (non-hydrogen) atoms. The second-order valence-electron chi connectivity index (χ2n) is 7.77. The van der Waals surface area contributed by atoms with Crippen molar-refractivity contribution < 1.29 is 21.9 Å². The highest BCUT2D eigenvalue weighted by molar-refractivity contribution is 7.92. The molecular formula is C22H19F2N7O3S. The maximum Gasteiger partial charge on any atom is 0.264 e. The Morgan fingerprint density at radius 2 is 1.94 bits per heavy atom. The van der Waals surface area contributed by atoms with E-state index in [1.54, 1.807) is 6.20 Å². The SMILES string of the molecule is COc1ncc(-c2cc3cnc(=N)nc-3n3c2NCCC3)cc1NS(=O)(=O)c1ccc(F)cc1F. The molecule has 0 saturated heterocycles. The smallest absolute Gasteiger partial charge is 0.264 e. The van der Waals surface area contributed by atoms with Crippen molar-refractivity contribution >= 4 is 21.5 Å². The third-order valence-corrected chi connectivity index (χ3v) is 6.91. The lowest BCUT2D eigenvalue weighted by Crippen LogP contribution is -2.24. The van der Waals surface area contributed by atoms with E-state index in [4.69, 9.17) is 10.1 Å². The van der Waals surface area contributed by atoms with Crippen LogP contribution in [0.1, 0.15) is 6.42 Å². The molecule has 13 heteroatoms. The third kappa shape index (κ3) is 4.14. The van der Waals surface area contributed by atoms with Gasteiger partial charge >= 0.3 is 0 Å². The number of benzene rings is 1. The van der Waals surface area contributed by atoms with Gasteiger partial charge in [0, 0.05) is 48.2 Å². The average molecular weight is 500 g/mol. The molecule has 1 aromatic heterocycles. The van der Waals surface area contributed by atoms with Crippen LogP contribution in [-0.4, -0.2) is 41.6 Å². The summed E-state index contributed by atoms with van der Waals surface area (Å²) in [5.74, 6) is -0.816. The predicted molar refractivity (Wildman–Crippen MR) is 123 cm³/mol. The molecule has 0 unspecified atom stereocenters. The Bertz CT molecular complexity index is 1590.